The Bertz CT molecular complexity index is 805. The lowest BCUT2D eigenvalue weighted by atomic mass is 9.77. The van der Waals surface area contributed by atoms with Crippen LogP contribution in [-0.4, -0.2) is 53.7 Å². The average molecular weight is 328 g/mol. The number of hydrogen-bond donors (Lipinski definition) is 2. The van der Waals surface area contributed by atoms with Crippen molar-refractivity contribution in [3.8, 4) is 5.75 Å². The highest BCUT2D eigenvalue weighted by Crippen LogP contribution is 2.38. The summed E-state index contributed by atoms with van der Waals surface area (Å²) in [4.78, 5) is 26.2. The van der Waals surface area contributed by atoms with Crippen molar-refractivity contribution in [3.05, 3.63) is 23.9 Å². The summed E-state index contributed by atoms with van der Waals surface area (Å²) >= 11 is 0. The van der Waals surface area contributed by atoms with E-state index in [4.69, 9.17) is 4.74 Å². The van der Waals surface area contributed by atoms with Gasteiger partial charge in [0, 0.05) is 31.4 Å². The van der Waals surface area contributed by atoms with E-state index in [1.165, 1.54) is 0 Å². The number of likely N-dealkylation sites (tertiary alicyclic amines) is 1. The number of nitrogens with one attached hydrogen (secondary N) is 2. The van der Waals surface area contributed by atoms with Crippen molar-refractivity contribution in [2.24, 2.45) is 5.41 Å². The van der Waals surface area contributed by atoms with E-state index < -0.39 is 0 Å². The SMILES string of the molecule is COc1ccc2[nH]nc(C(=O)N3CCC4(CC3)CNC(=O)C4)c2c1. The van der Waals surface area contributed by atoms with Gasteiger partial charge in [-0.2, -0.15) is 5.10 Å². The molecule has 2 fully saturated rings. The normalized spacial score (nSPS) is 19.7. The molecule has 2 amide bonds. The maximum Gasteiger partial charge on any atom is 0.274 e. The molecule has 0 saturated carbocycles. The van der Waals surface area contributed by atoms with Crippen molar-refractivity contribution < 1.29 is 14.3 Å². The molecule has 0 aliphatic carbocycles. The van der Waals surface area contributed by atoms with Crippen LogP contribution in [0.3, 0.4) is 0 Å². The first-order valence-corrected chi connectivity index (χ1v) is 8.18. The molecule has 2 aromatic rings. The van der Waals surface area contributed by atoms with E-state index in [0.29, 0.717) is 31.0 Å². The molecule has 4 rings (SSSR count). The van der Waals surface area contributed by atoms with E-state index in [1.807, 2.05) is 23.1 Å². The summed E-state index contributed by atoms with van der Waals surface area (Å²) in [7, 11) is 1.60. The molecule has 0 bridgehead atoms. The van der Waals surface area contributed by atoms with Gasteiger partial charge in [0.25, 0.3) is 5.91 Å². The summed E-state index contributed by atoms with van der Waals surface area (Å²) in [5.41, 5.74) is 1.28. The third-order valence-corrected chi connectivity index (χ3v) is 5.28. The van der Waals surface area contributed by atoms with Gasteiger partial charge in [-0.1, -0.05) is 0 Å². The highest BCUT2D eigenvalue weighted by molar-refractivity contribution is 6.05. The second-order valence-corrected chi connectivity index (χ2v) is 6.73. The molecule has 2 aliphatic rings. The number of fused-ring (bicyclic) bond motifs is 1. The number of nitrogens with zero attached hydrogens (tertiary/aromatic N) is 2. The molecule has 0 unspecified atom stereocenters. The van der Waals surface area contributed by atoms with Crippen LogP contribution in [0.1, 0.15) is 29.8 Å². The van der Waals surface area contributed by atoms with E-state index in [0.717, 1.165) is 30.3 Å². The molecule has 7 heteroatoms. The van der Waals surface area contributed by atoms with Gasteiger partial charge in [-0.15, -0.1) is 0 Å². The minimum Gasteiger partial charge on any atom is -0.497 e. The van der Waals surface area contributed by atoms with Crippen LogP contribution in [0.5, 0.6) is 5.75 Å². The third-order valence-electron chi connectivity index (χ3n) is 5.28. The van der Waals surface area contributed by atoms with Gasteiger partial charge in [-0.3, -0.25) is 14.7 Å². The van der Waals surface area contributed by atoms with Crippen molar-refractivity contribution >= 4 is 22.7 Å². The van der Waals surface area contributed by atoms with Crippen LogP contribution in [0.4, 0.5) is 0 Å². The van der Waals surface area contributed by atoms with Gasteiger partial charge in [0.15, 0.2) is 5.69 Å². The van der Waals surface area contributed by atoms with Crippen LogP contribution in [0.15, 0.2) is 18.2 Å². The number of ether oxygens (including phenoxy) is 1. The molecule has 1 aromatic carbocycles. The summed E-state index contributed by atoms with van der Waals surface area (Å²) < 4.78 is 5.24. The van der Waals surface area contributed by atoms with Gasteiger partial charge >= 0.3 is 0 Å². The molecule has 2 saturated heterocycles. The van der Waals surface area contributed by atoms with Crippen LogP contribution in [0, 0.1) is 5.41 Å². The Morgan fingerprint density at radius 1 is 1.33 bits per heavy atom. The van der Waals surface area contributed by atoms with Crippen molar-refractivity contribution in [2.45, 2.75) is 19.3 Å². The molecule has 7 nitrogen and oxygen atoms in total. The molecule has 0 radical (unpaired) electrons. The lowest BCUT2D eigenvalue weighted by molar-refractivity contribution is -0.119. The number of piperidine rings is 1. The zero-order valence-corrected chi connectivity index (χ0v) is 13.6. The molecule has 2 aliphatic heterocycles. The summed E-state index contributed by atoms with van der Waals surface area (Å²) in [6.45, 7) is 2.05. The number of carbonyl (C=O) groups excluding carboxylic acids is 2. The van der Waals surface area contributed by atoms with E-state index >= 15 is 0 Å². The molecule has 0 atom stereocenters. The van der Waals surface area contributed by atoms with Crippen LogP contribution in [0.2, 0.25) is 0 Å². The van der Waals surface area contributed by atoms with Crippen LogP contribution >= 0.6 is 0 Å². The average Bonchev–Trinajstić information content (AvgIpc) is 3.18. The Balaban J connectivity index is 1.54. The Hall–Kier alpha value is -2.57. The summed E-state index contributed by atoms with van der Waals surface area (Å²) in [5, 5.41) is 10.8. The minimum absolute atomic E-state index is 0.0325. The Kier molecular flexibility index (Phi) is 3.44. The zero-order valence-electron chi connectivity index (χ0n) is 13.6. The maximum atomic E-state index is 12.9. The van der Waals surface area contributed by atoms with Crippen molar-refractivity contribution in [1.82, 2.24) is 20.4 Å². The number of amides is 2. The number of methoxy groups -OCH3 is 1. The smallest absolute Gasteiger partial charge is 0.274 e. The molecule has 1 spiro atoms. The van der Waals surface area contributed by atoms with Gasteiger partial charge in [-0.05, 0) is 36.5 Å². The molecule has 24 heavy (non-hydrogen) atoms. The number of rotatable bonds is 2. The monoisotopic (exact) mass is 328 g/mol. The van der Waals surface area contributed by atoms with E-state index in [9.17, 15) is 9.59 Å². The summed E-state index contributed by atoms with van der Waals surface area (Å²) in [6, 6.07) is 5.53. The topological polar surface area (TPSA) is 87.3 Å². The van der Waals surface area contributed by atoms with Gasteiger partial charge < -0.3 is 15.0 Å². The second-order valence-electron chi connectivity index (χ2n) is 6.73. The highest BCUT2D eigenvalue weighted by atomic mass is 16.5. The number of H-pyrrole nitrogens is 1. The number of carbonyl (C=O) groups is 2. The largest absolute Gasteiger partial charge is 0.497 e. The van der Waals surface area contributed by atoms with Crippen LogP contribution in [-0.2, 0) is 4.79 Å². The molecule has 1 aromatic heterocycles. The Labute approximate surface area is 139 Å². The van der Waals surface area contributed by atoms with Gasteiger partial charge in [-0.25, -0.2) is 0 Å². The molecule has 2 N–H and O–H groups in total. The van der Waals surface area contributed by atoms with E-state index in [-0.39, 0.29) is 17.2 Å². The van der Waals surface area contributed by atoms with Crippen LogP contribution < -0.4 is 10.1 Å². The first-order valence-electron chi connectivity index (χ1n) is 8.18. The highest BCUT2D eigenvalue weighted by Gasteiger charge is 2.42. The van der Waals surface area contributed by atoms with Crippen molar-refractivity contribution in [3.63, 3.8) is 0 Å². The van der Waals surface area contributed by atoms with Crippen LogP contribution in [0.25, 0.3) is 10.9 Å². The predicted octanol–water partition coefficient (Wildman–Crippen LogP) is 1.31. The number of aromatic nitrogens is 2. The molecular formula is C17H20N4O3. The van der Waals surface area contributed by atoms with Crippen molar-refractivity contribution in [2.75, 3.05) is 26.7 Å². The van der Waals surface area contributed by atoms with E-state index in [1.54, 1.807) is 7.11 Å². The third kappa shape index (κ3) is 2.40. The fourth-order valence-electron chi connectivity index (χ4n) is 3.72. The fraction of sp³-hybridized carbons (Fsp3) is 0.471. The number of aromatic amines is 1. The minimum atomic E-state index is -0.0679. The molecule has 126 valence electrons. The molecule has 3 heterocycles. The predicted molar refractivity (Wildman–Crippen MR) is 87.8 cm³/mol. The summed E-state index contributed by atoms with van der Waals surface area (Å²) in [6.07, 6.45) is 2.28. The maximum absolute atomic E-state index is 12.9. The van der Waals surface area contributed by atoms with Gasteiger partial charge in [0.2, 0.25) is 5.91 Å². The van der Waals surface area contributed by atoms with Gasteiger partial charge in [0.05, 0.1) is 12.6 Å². The second kappa shape index (κ2) is 5.51. The Morgan fingerprint density at radius 2 is 2.12 bits per heavy atom. The summed E-state index contributed by atoms with van der Waals surface area (Å²) in [5.74, 6) is 0.757. The molecular weight excluding hydrogens is 308 g/mol. The first kappa shape index (κ1) is 15.0. The van der Waals surface area contributed by atoms with Crippen molar-refractivity contribution in [1.29, 1.82) is 0 Å². The number of benzene rings is 1. The standard InChI is InChI=1S/C17H20N4O3/c1-24-11-2-3-13-12(8-11)15(20-19-13)16(23)21-6-4-17(5-7-21)9-14(22)18-10-17/h2-3,8H,4-7,9-10H2,1H3,(H,18,22)(H,19,20). The number of hydrogen-bond acceptors (Lipinski definition) is 4. The zero-order chi connectivity index (χ0) is 16.7. The first-order chi connectivity index (χ1) is 11.6. The Morgan fingerprint density at radius 3 is 2.79 bits per heavy atom. The fourth-order valence-corrected chi connectivity index (χ4v) is 3.72. The van der Waals surface area contributed by atoms with Gasteiger partial charge in [0.1, 0.15) is 5.75 Å². The lowest BCUT2D eigenvalue weighted by Crippen LogP contribution is -2.44. The quantitative estimate of drug-likeness (QED) is 0.870. The van der Waals surface area contributed by atoms with E-state index in [2.05, 4.69) is 15.5 Å². The lowest BCUT2D eigenvalue weighted by Gasteiger charge is -2.37.